The number of furan rings is 1. The van der Waals surface area contributed by atoms with Crippen molar-refractivity contribution in [1.29, 1.82) is 0 Å². The summed E-state index contributed by atoms with van der Waals surface area (Å²) >= 11 is 0. The maximum absolute atomic E-state index is 5.83. The summed E-state index contributed by atoms with van der Waals surface area (Å²) in [5.41, 5.74) is 5.95. The van der Waals surface area contributed by atoms with Crippen molar-refractivity contribution in [2.45, 2.75) is 33.0 Å². The molecule has 2 aromatic heterocycles. The summed E-state index contributed by atoms with van der Waals surface area (Å²) in [6.07, 6.45) is 1.60. The van der Waals surface area contributed by atoms with Gasteiger partial charge < -0.3 is 19.6 Å². The van der Waals surface area contributed by atoms with E-state index < -0.39 is 0 Å². The molecule has 102 valence electrons. The van der Waals surface area contributed by atoms with Gasteiger partial charge in [0.1, 0.15) is 18.0 Å². The average molecular weight is 262 g/mol. The second-order valence-electron chi connectivity index (χ2n) is 5.13. The Morgan fingerprint density at radius 3 is 2.68 bits per heavy atom. The van der Waals surface area contributed by atoms with Gasteiger partial charge in [-0.1, -0.05) is 0 Å². The fraction of sp³-hybridized carbons (Fsp3) is 0.357. The lowest BCUT2D eigenvalue weighted by molar-refractivity contribution is 0.123. The summed E-state index contributed by atoms with van der Waals surface area (Å²) < 4.78 is 16.4. The van der Waals surface area contributed by atoms with Gasteiger partial charge in [0.25, 0.3) is 0 Å². The summed E-state index contributed by atoms with van der Waals surface area (Å²) in [5.74, 6) is 1.56. The number of rotatable bonds is 4. The van der Waals surface area contributed by atoms with Crippen molar-refractivity contribution in [1.82, 2.24) is 4.98 Å². The summed E-state index contributed by atoms with van der Waals surface area (Å²) in [5, 5.41) is 0. The van der Waals surface area contributed by atoms with Crippen LogP contribution in [0, 0.1) is 0 Å². The summed E-state index contributed by atoms with van der Waals surface area (Å²) in [6, 6.07) is 7.06. The molecular weight excluding hydrogens is 244 g/mol. The van der Waals surface area contributed by atoms with E-state index in [9.17, 15) is 0 Å². The Labute approximate surface area is 112 Å². The molecule has 2 heterocycles. The number of nitrogens with two attached hydrogens (primary N) is 1. The molecule has 19 heavy (non-hydrogen) atoms. The molecule has 0 saturated carbocycles. The number of hydrogen-bond acceptors (Lipinski definition) is 5. The van der Waals surface area contributed by atoms with Crippen LogP contribution in [0.1, 0.15) is 26.5 Å². The predicted octanol–water partition coefficient (Wildman–Crippen LogP) is 3.01. The van der Waals surface area contributed by atoms with E-state index >= 15 is 0 Å². The molecule has 2 aromatic rings. The summed E-state index contributed by atoms with van der Waals surface area (Å²) in [7, 11) is 0. The topological polar surface area (TPSA) is 70.5 Å². The van der Waals surface area contributed by atoms with E-state index in [0.29, 0.717) is 24.1 Å². The normalized spacial score (nSPS) is 11.3. The van der Waals surface area contributed by atoms with Gasteiger partial charge in [0.05, 0.1) is 12.0 Å². The Bertz CT molecular complexity index is 530. The van der Waals surface area contributed by atoms with Crippen molar-refractivity contribution in [3.8, 4) is 11.8 Å². The van der Waals surface area contributed by atoms with Crippen molar-refractivity contribution >= 4 is 5.69 Å². The van der Waals surface area contributed by atoms with Crippen LogP contribution in [0.4, 0.5) is 5.69 Å². The number of hydrogen-bond donors (Lipinski definition) is 1. The van der Waals surface area contributed by atoms with Crippen LogP contribution in [0.2, 0.25) is 0 Å². The van der Waals surface area contributed by atoms with E-state index in [0.717, 1.165) is 5.76 Å². The molecule has 0 aliphatic rings. The molecule has 5 heteroatoms. The minimum absolute atomic E-state index is 0.318. The number of nitrogens with zero attached hydrogens (tertiary/aromatic N) is 1. The average Bonchev–Trinajstić information content (AvgIpc) is 2.81. The van der Waals surface area contributed by atoms with Crippen LogP contribution in [-0.2, 0) is 6.61 Å². The van der Waals surface area contributed by atoms with Crippen molar-refractivity contribution < 1.29 is 13.9 Å². The van der Waals surface area contributed by atoms with Crippen LogP contribution >= 0.6 is 0 Å². The van der Waals surface area contributed by atoms with Gasteiger partial charge in [0.2, 0.25) is 11.8 Å². The van der Waals surface area contributed by atoms with Gasteiger partial charge in [-0.25, -0.2) is 0 Å². The van der Waals surface area contributed by atoms with E-state index in [2.05, 4.69) is 4.98 Å². The van der Waals surface area contributed by atoms with Gasteiger partial charge >= 0.3 is 0 Å². The molecular formula is C14H18N2O3. The fourth-order valence-corrected chi connectivity index (χ4v) is 1.43. The van der Waals surface area contributed by atoms with Crippen LogP contribution < -0.4 is 15.2 Å². The van der Waals surface area contributed by atoms with E-state index in [1.54, 1.807) is 18.4 Å². The maximum Gasteiger partial charge on any atom is 0.241 e. The Morgan fingerprint density at radius 1 is 1.26 bits per heavy atom. The Balaban J connectivity index is 2.07. The molecule has 0 bridgehead atoms. The van der Waals surface area contributed by atoms with E-state index in [-0.39, 0.29) is 5.60 Å². The molecule has 0 aromatic carbocycles. The number of nitrogen functional groups attached to an aromatic ring is 1. The highest BCUT2D eigenvalue weighted by Gasteiger charge is 2.15. The monoisotopic (exact) mass is 262 g/mol. The molecule has 0 radical (unpaired) electrons. The highest BCUT2D eigenvalue weighted by Crippen LogP contribution is 2.26. The van der Waals surface area contributed by atoms with Crippen molar-refractivity contribution in [2.75, 3.05) is 5.73 Å². The van der Waals surface area contributed by atoms with E-state index in [1.165, 1.54) is 0 Å². The largest absolute Gasteiger partial charge is 0.470 e. The molecule has 0 fully saturated rings. The second-order valence-corrected chi connectivity index (χ2v) is 5.13. The Morgan fingerprint density at radius 2 is 2.05 bits per heavy atom. The van der Waals surface area contributed by atoms with Gasteiger partial charge in [-0.05, 0) is 39.0 Å². The quantitative estimate of drug-likeness (QED) is 0.917. The minimum Gasteiger partial charge on any atom is -0.470 e. The zero-order chi connectivity index (χ0) is 13.9. The molecule has 5 nitrogen and oxygen atoms in total. The zero-order valence-corrected chi connectivity index (χ0v) is 11.3. The molecule has 0 aliphatic carbocycles. The van der Waals surface area contributed by atoms with Crippen LogP contribution in [0.5, 0.6) is 11.8 Å². The van der Waals surface area contributed by atoms with Gasteiger partial charge in [0.15, 0.2) is 0 Å². The lowest BCUT2D eigenvalue weighted by atomic mass is 10.2. The molecule has 0 amide bonds. The fourth-order valence-electron chi connectivity index (χ4n) is 1.43. The Kier molecular flexibility index (Phi) is 3.64. The lowest BCUT2D eigenvalue weighted by Gasteiger charge is -2.21. The first-order valence-electron chi connectivity index (χ1n) is 6.05. The van der Waals surface area contributed by atoms with Crippen LogP contribution in [0.15, 0.2) is 34.9 Å². The molecule has 2 N–H and O–H groups in total. The van der Waals surface area contributed by atoms with E-state index in [1.807, 2.05) is 32.9 Å². The third-order valence-corrected chi connectivity index (χ3v) is 2.21. The molecule has 0 unspecified atom stereocenters. The second kappa shape index (κ2) is 5.22. The van der Waals surface area contributed by atoms with Crippen LogP contribution in [0.25, 0.3) is 0 Å². The number of aromatic nitrogens is 1. The summed E-state index contributed by atoms with van der Waals surface area (Å²) in [4.78, 5) is 4.25. The van der Waals surface area contributed by atoms with Gasteiger partial charge in [0, 0.05) is 6.07 Å². The highest BCUT2D eigenvalue weighted by atomic mass is 16.5. The lowest BCUT2D eigenvalue weighted by Crippen LogP contribution is -2.24. The molecule has 2 rings (SSSR count). The smallest absolute Gasteiger partial charge is 0.241 e. The van der Waals surface area contributed by atoms with Gasteiger partial charge in [-0.2, -0.15) is 4.98 Å². The SMILES string of the molecule is CC(C)(C)Oc1nc(OCc2ccco2)ccc1N. The van der Waals surface area contributed by atoms with Gasteiger partial charge in [-0.3, -0.25) is 0 Å². The number of anilines is 1. The zero-order valence-electron chi connectivity index (χ0n) is 11.3. The van der Waals surface area contributed by atoms with Crippen molar-refractivity contribution in [3.05, 3.63) is 36.3 Å². The third kappa shape index (κ3) is 3.91. The van der Waals surface area contributed by atoms with Gasteiger partial charge in [-0.15, -0.1) is 0 Å². The van der Waals surface area contributed by atoms with Crippen molar-refractivity contribution in [2.24, 2.45) is 0 Å². The molecule has 0 spiro atoms. The van der Waals surface area contributed by atoms with Crippen LogP contribution in [0.3, 0.4) is 0 Å². The minimum atomic E-state index is -0.360. The maximum atomic E-state index is 5.83. The summed E-state index contributed by atoms with van der Waals surface area (Å²) in [6.45, 7) is 6.12. The number of ether oxygens (including phenoxy) is 2. The molecule has 0 aliphatic heterocycles. The first-order chi connectivity index (χ1) is 8.94. The van der Waals surface area contributed by atoms with Crippen molar-refractivity contribution in [3.63, 3.8) is 0 Å². The van der Waals surface area contributed by atoms with Crippen LogP contribution in [-0.4, -0.2) is 10.6 Å². The standard InChI is InChI=1S/C14H18N2O3/c1-14(2,3)19-13-11(15)6-7-12(16-13)18-9-10-5-4-8-17-10/h4-8H,9,15H2,1-3H3. The van der Waals surface area contributed by atoms with E-state index in [4.69, 9.17) is 19.6 Å². The Hall–Kier alpha value is -2.17. The molecule has 0 atom stereocenters. The molecule has 0 saturated heterocycles. The third-order valence-electron chi connectivity index (χ3n) is 2.21. The number of pyridine rings is 1. The first-order valence-corrected chi connectivity index (χ1v) is 6.05. The highest BCUT2D eigenvalue weighted by molar-refractivity contribution is 5.49. The predicted molar refractivity (Wildman–Crippen MR) is 72.1 cm³/mol. The first kappa shape index (κ1) is 13.3.